The molecule has 0 atom stereocenters. The summed E-state index contributed by atoms with van der Waals surface area (Å²) in [6.45, 7) is 7.00. The minimum Gasteiger partial charge on any atom is -0.371 e. The van der Waals surface area contributed by atoms with Crippen molar-refractivity contribution in [2.45, 2.75) is 84.5 Å². The summed E-state index contributed by atoms with van der Waals surface area (Å²) in [6, 6.07) is 12.9. The topological polar surface area (TPSA) is 100 Å². The SMILES string of the molecule is CCCCCCCCCCCCc1ccc(N=Nc2ccc(N(CC)CCNCC=O)cc2)c([N+](=O)[O-])c1. The number of azo groups is 1. The fourth-order valence-corrected chi connectivity index (χ4v) is 4.46. The van der Waals surface area contributed by atoms with Gasteiger partial charge in [-0.3, -0.25) is 10.1 Å². The van der Waals surface area contributed by atoms with Crippen LogP contribution in [0.2, 0.25) is 0 Å². The van der Waals surface area contributed by atoms with Crippen molar-refractivity contribution >= 4 is 29.0 Å². The first-order valence-corrected chi connectivity index (χ1v) is 14.3. The lowest BCUT2D eigenvalue weighted by molar-refractivity contribution is -0.384. The molecular weight excluding hydrogens is 478 g/mol. The molecule has 2 aromatic carbocycles. The second-order valence-electron chi connectivity index (χ2n) is 9.68. The molecule has 0 aliphatic rings. The largest absolute Gasteiger partial charge is 0.371 e. The molecule has 0 aromatic heterocycles. The number of aldehydes is 1. The summed E-state index contributed by atoms with van der Waals surface area (Å²) >= 11 is 0. The van der Waals surface area contributed by atoms with Crippen LogP contribution < -0.4 is 10.2 Å². The van der Waals surface area contributed by atoms with Gasteiger partial charge in [0, 0.05) is 31.4 Å². The van der Waals surface area contributed by atoms with Crippen LogP contribution in [-0.4, -0.2) is 37.4 Å². The molecule has 208 valence electrons. The maximum Gasteiger partial charge on any atom is 0.296 e. The number of rotatable bonds is 21. The van der Waals surface area contributed by atoms with E-state index in [4.69, 9.17) is 0 Å². The number of hydrogen-bond acceptors (Lipinski definition) is 7. The lowest BCUT2D eigenvalue weighted by Gasteiger charge is -2.23. The Morgan fingerprint density at radius 2 is 1.55 bits per heavy atom. The maximum atomic E-state index is 11.7. The molecule has 0 amide bonds. The van der Waals surface area contributed by atoms with Crippen LogP contribution in [0.4, 0.5) is 22.7 Å². The fourth-order valence-electron chi connectivity index (χ4n) is 4.46. The number of benzene rings is 2. The van der Waals surface area contributed by atoms with Gasteiger partial charge in [-0.05, 0) is 55.7 Å². The summed E-state index contributed by atoms with van der Waals surface area (Å²) in [5.74, 6) is 0. The molecule has 1 N–H and O–H groups in total. The zero-order valence-electron chi connectivity index (χ0n) is 23.2. The van der Waals surface area contributed by atoms with E-state index >= 15 is 0 Å². The van der Waals surface area contributed by atoms with Crippen LogP contribution in [0.25, 0.3) is 0 Å². The number of nitro benzene ring substituents is 1. The normalized spacial score (nSPS) is 11.2. The van der Waals surface area contributed by atoms with E-state index in [1.54, 1.807) is 12.1 Å². The van der Waals surface area contributed by atoms with E-state index in [1.807, 2.05) is 30.3 Å². The number of aryl methyl sites for hydroxylation is 1. The smallest absolute Gasteiger partial charge is 0.296 e. The molecule has 0 heterocycles. The van der Waals surface area contributed by atoms with Crippen LogP contribution in [0.5, 0.6) is 0 Å². The van der Waals surface area contributed by atoms with Gasteiger partial charge in [0.15, 0.2) is 5.69 Å². The van der Waals surface area contributed by atoms with Crippen molar-refractivity contribution in [2.75, 3.05) is 31.1 Å². The van der Waals surface area contributed by atoms with Gasteiger partial charge in [-0.25, -0.2) is 0 Å². The Morgan fingerprint density at radius 1 is 0.895 bits per heavy atom. The zero-order chi connectivity index (χ0) is 27.4. The van der Waals surface area contributed by atoms with Crippen LogP contribution >= 0.6 is 0 Å². The number of nitrogens with one attached hydrogen (secondary N) is 1. The molecule has 8 heteroatoms. The quantitative estimate of drug-likeness (QED) is 0.0586. The highest BCUT2D eigenvalue weighted by molar-refractivity contribution is 5.59. The van der Waals surface area contributed by atoms with Gasteiger partial charge in [0.05, 0.1) is 17.2 Å². The molecule has 0 unspecified atom stereocenters. The Balaban J connectivity index is 1.85. The summed E-state index contributed by atoms with van der Waals surface area (Å²) in [5, 5.41) is 23.2. The van der Waals surface area contributed by atoms with Crippen LogP contribution in [0.1, 0.15) is 83.6 Å². The third-order valence-electron chi connectivity index (χ3n) is 6.71. The van der Waals surface area contributed by atoms with E-state index in [9.17, 15) is 14.9 Å². The number of nitrogens with zero attached hydrogens (tertiary/aromatic N) is 4. The molecule has 0 bridgehead atoms. The summed E-state index contributed by atoms with van der Waals surface area (Å²) < 4.78 is 0. The first-order chi connectivity index (χ1) is 18.6. The van der Waals surface area contributed by atoms with E-state index in [2.05, 4.69) is 34.3 Å². The van der Waals surface area contributed by atoms with E-state index in [0.717, 1.165) is 49.9 Å². The molecule has 0 saturated carbocycles. The zero-order valence-corrected chi connectivity index (χ0v) is 23.2. The van der Waals surface area contributed by atoms with E-state index in [0.29, 0.717) is 18.8 Å². The van der Waals surface area contributed by atoms with Crippen molar-refractivity contribution in [3.8, 4) is 0 Å². The van der Waals surface area contributed by atoms with Crippen molar-refractivity contribution < 1.29 is 9.72 Å². The van der Waals surface area contributed by atoms with E-state index in [1.165, 1.54) is 51.4 Å². The summed E-state index contributed by atoms with van der Waals surface area (Å²) in [6.07, 6.45) is 14.4. The lowest BCUT2D eigenvalue weighted by atomic mass is 10.0. The van der Waals surface area contributed by atoms with Crippen molar-refractivity contribution in [2.24, 2.45) is 10.2 Å². The van der Waals surface area contributed by atoms with Crippen LogP contribution in [0, 0.1) is 10.1 Å². The Morgan fingerprint density at radius 3 is 2.16 bits per heavy atom. The Kier molecular flexibility index (Phi) is 15.6. The lowest BCUT2D eigenvalue weighted by Crippen LogP contribution is -2.32. The number of unbranched alkanes of at least 4 members (excludes halogenated alkanes) is 9. The molecule has 0 spiro atoms. The first kappa shape index (κ1) is 31.1. The van der Waals surface area contributed by atoms with Crippen LogP contribution in [0.15, 0.2) is 52.7 Å². The molecule has 0 fully saturated rings. The molecule has 0 aliphatic carbocycles. The van der Waals surface area contributed by atoms with Gasteiger partial charge in [0.25, 0.3) is 5.69 Å². The number of nitro groups is 1. The Hall–Kier alpha value is -3.13. The highest BCUT2D eigenvalue weighted by Gasteiger charge is 2.14. The molecule has 0 saturated heterocycles. The highest BCUT2D eigenvalue weighted by atomic mass is 16.6. The van der Waals surface area contributed by atoms with Crippen LogP contribution in [0.3, 0.4) is 0 Å². The molecule has 0 radical (unpaired) electrons. The van der Waals surface area contributed by atoms with Gasteiger partial charge in [-0.15, -0.1) is 5.11 Å². The van der Waals surface area contributed by atoms with Gasteiger partial charge >= 0.3 is 0 Å². The van der Waals surface area contributed by atoms with Crippen molar-refractivity contribution in [3.63, 3.8) is 0 Å². The monoisotopic (exact) mass is 523 g/mol. The number of carbonyl (C=O) groups excluding carboxylic acids is 1. The average molecular weight is 524 g/mol. The number of hydrogen-bond donors (Lipinski definition) is 1. The second kappa shape index (κ2) is 19.0. The third kappa shape index (κ3) is 11.9. The summed E-state index contributed by atoms with van der Waals surface area (Å²) in [4.78, 5) is 23.9. The standard InChI is InChI=1S/C30H45N5O3/c1-3-5-6-7-8-9-10-11-12-13-14-26-15-20-29(30(25-26)35(37)38)33-32-27-16-18-28(19-17-27)34(4-2)23-21-31-22-24-36/h15-20,24-25,31H,3-14,21-23H2,1-2H3. The number of likely N-dealkylation sites (N-methyl/N-ethyl adjacent to an activating group) is 1. The molecule has 2 aromatic rings. The van der Waals surface area contributed by atoms with Gasteiger partial charge in [0.2, 0.25) is 0 Å². The summed E-state index contributed by atoms with van der Waals surface area (Å²) in [5.41, 5.74) is 2.91. The highest BCUT2D eigenvalue weighted by Crippen LogP contribution is 2.31. The Labute approximate surface area is 228 Å². The van der Waals surface area contributed by atoms with Crippen LogP contribution in [-0.2, 0) is 11.2 Å². The predicted octanol–water partition coefficient (Wildman–Crippen LogP) is 8.09. The fraction of sp³-hybridized carbons (Fsp3) is 0.567. The van der Waals surface area contributed by atoms with E-state index in [-0.39, 0.29) is 16.3 Å². The van der Waals surface area contributed by atoms with Crippen molar-refractivity contribution in [1.29, 1.82) is 0 Å². The van der Waals surface area contributed by atoms with Gasteiger partial charge in [0.1, 0.15) is 6.29 Å². The molecular formula is C30H45N5O3. The third-order valence-corrected chi connectivity index (χ3v) is 6.71. The predicted molar refractivity (Wildman–Crippen MR) is 156 cm³/mol. The molecule has 0 aliphatic heterocycles. The number of carbonyl (C=O) groups is 1. The van der Waals surface area contributed by atoms with E-state index < -0.39 is 0 Å². The Bertz CT molecular complexity index is 978. The minimum absolute atomic E-state index is 0.00469. The second-order valence-corrected chi connectivity index (χ2v) is 9.68. The van der Waals surface area contributed by atoms with Gasteiger partial charge < -0.3 is 15.0 Å². The maximum absolute atomic E-state index is 11.7. The van der Waals surface area contributed by atoms with Gasteiger partial charge in [-0.2, -0.15) is 5.11 Å². The molecule has 2 rings (SSSR count). The van der Waals surface area contributed by atoms with Crippen molar-refractivity contribution in [3.05, 3.63) is 58.1 Å². The molecule has 38 heavy (non-hydrogen) atoms. The summed E-state index contributed by atoms with van der Waals surface area (Å²) in [7, 11) is 0. The first-order valence-electron chi connectivity index (χ1n) is 14.3. The van der Waals surface area contributed by atoms with Gasteiger partial charge in [-0.1, -0.05) is 70.8 Å². The van der Waals surface area contributed by atoms with Crippen molar-refractivity contribution in [1.82, 2.24) is 5.32 Å². The average Bonchev–Trinajstić information content (AvgIpc) is 2.93. The molecule has 8 nitrogen and oxygen atoms in total. The number of anilines is 1. The minimum atomic E-state index is -0.378.